The highest BCUT2D eigenvalue weighted by molar-refractivity contribution is 5.99. The maximum absolute atomic E-state index is 11.3. The number of aliphatic hydroxyl groups is 1. The van der Waals surface area contributed by atoms with Crippen molar-refractivity contribution in [3.8, 4) is 0 Å². The van der Waals surface area contributed by atoms with Gasteiger partial charge < -0.3 is 20.9 Å². The van der Waals surface area contributed by atoms with Crippen LogP contribution >= 0.6 is 0 Å². The normalized spacial score (nSPS) is 12.2. The Balaban J connectivity index is 2.66. The number of hydrogen-bond acceptors (Lipinski definition) is 5. The minimum absolute atomic E-state index is 0.0800. The fraction of sp³-hybridized carbons (Fsp3) is 0.417. The predicted molar refractivity (Wildman–Crippen MR) is 67.2 cm³/mol. The van der Waals surface area contributed by atoms with Crippen molar-refractivity contribution in [3.63, 3.8) is 0 Å². The van der Waals surface area contributed by atoms with E-state index < -0.39 is 6.10 Å². The first-order chi connectivity index (χ1) is 8.04. The lowest BCUT2D eigenvalue weighted by molar-refractivity contribution is 0.0727. The molecule has 5 nitrogen and oxygen atoms in total. The Morgan fingerprint density at radius 3 is 2.88 bits per heavy atom. The maximum atomic E-state index is 11.3. The Bertz CT molecular complexity index is 393. The van der Waals surface area contributed by atoms with Crippen molar-refractivity contribution < 1.29 is 14.6 Å². The van der Waals surface area contributed by atoms with Crippen molar-refractivity contribution in [2.75, 3.05) is 31.3 Å². The number of anilines is 2. The van der Waals surface area contributed by atoms with Gasteiger partial charge in [0, 0.05) is 30.6 Å². The van der Waals surface area contributed by atoms with Gasteiger partial charge in [-0.25, -0.2) is 0 Å². The van der Waals surface area contributed by atoms with Crippen LogP contribution < -0.4 is 11.1 Å². The maximum Gasteiger partial charge on any atom is 0.161 e. The quantitative estimate of drug-likeness (QED) is 0.506. The molecule has 17 heavy (non-hydrogen) atoms. The fourth-order valence-electron chi connectivity index (χ4n) is 1.46. The van der Waals surface area contributed by atoms with Crippen molar-refractivity contribution >= 4 is 17.2 Å². The Kier molecular flexibility index (Phi) is 4.93. The summed E-state index contributed by atoms with van der Waals surface area (Å²) in [6.07, 6.45) is -0.585. The van der Waals surface area contributed by atoms with Gasteiger partial charge in [-0.1, -0.05) is 0 Å². The summed E-state index contributed by atoms with van der Waals surface area (Å²) >= 11 is 0. The van der Waals surface area contributed by atoms with Crippen LogP contribution in [0.15, 0.2) is 18.2 Å². The van der Waals surface area contributed by atoms with E-state index in [0.29, 0.717) is 17.8 Å². The first-order valence-corrected chi connectivity index (χ1v) is 5.36. The number of ketones is 1. The van der Waals surface area contributed by atoms with E-state index in [1.165, 1.54) is 14.0 Å². The number of methoxy groups -OCH3 is 1. The van der Waals surface area contributed by atoms with Gasteiger partial charge in [0.1, 0.15) is 0 Å². The summed E-state index contributed by atoms with van der Waals surface area (Å²) in [5.74, 6) is -0.0800. The lowest BCUT2D eigenvalue weighted by Gasteiger charge is -2.13. The third-order valence-corrected chi connectivity index (χ3v) is 2.33. The number of carbonyl (C=O) groups is 1. The van der Waals surface area contributed by atoms with Gasteiger partial charge in [-0.2, -0.15) is 0 Å². The Morgan fingerprint density at radius 2 is 2.29 bits per heavy atom. The molecule has 0 saturated carbocycles. The van der Waals surface area contributed by atoms with Crippen LogP contribution in [0.25, 0.3) is 0 Å². The van der Waals surface area contributed by atoms with Gasteiger partial charge in [-0.05, 0) is 25.1 Å². The molecule has 0 aliphatic heterocycles. The van der Waals surface area contributed by atoms with Gasteiger partial charge in [0.15, 0.2) is 5.78 Å². The molecule has 1 aromatic carbocycles. The van der Waals surface area contributed by atoms with Crippen LogP contribution in [-0.2, 0) is 4.74 Å². The fourth-order valence-corrected chi connectivity index (χ4v) is 1.46. The van der Waals surface area contributed by atoms with Crippen LogP contribution in [0.5, 0.6) is 0 Å². The van der Waals surface area contributed by atoms with Crippen LogP contribution in [-0.4, -0.2) is 37.3 Å². The van der Waals surface area contributed by atoms with E-state index in [0.717, 1.165) is 5.69 Å². The summed E-state index contributed by atoms with van der Waals surface area (Å²) in [6, 6.07) is 5.11. The van der Waals surface area contributed by atoms with Gasteiger partial charge in [0.2, 0.25) is 0 Å². The highest BCUT2D eigenvalue weighted by Gasteiger charge is 2.07. The number of benzene rings is 1. The van der Waals surface area contributed by atoms with E-state index in [2.05, 4.69) is 5.32 Å². The van der Waals surface area contributed by atoms with Gasteiger partial charge >= 0.3 is 0 Å². The molecule has 0 fully saturated rings. The zero-order chi connectivity index (χ0) is 12.8. The Labute approximate surface area is 101 Å². The number of nitrogens with one attached hydrogen (secondary N) is 1. The summed E-state index contributed by atoms with van der Waals surface area (Å²) in [5, 5.41) is 12.5. The van der Waals surface area contributed by atoms with E-state index in [-0.39, 0.29) is 12.4 Å². The molecular formula is C12H18N2O3. The number of rotatable bonds is 6. The molecule has 1 aromatic rings. The van der Waals surface area contributed by atoms with E-state index in [1.54, 1.807) is 18.2 Å². The highest BCUT2D eigenvalue weighted by Crippen LogP contribution is 2.18. The minimum Gasteiger partial charge on any atom is -0.398 e. The second-order valence-electron chi connectivity index (χ2n) is 3.85. The molecule has 0 aromatic heterocycles. The molecule has 0 aliphatic carbocycles. The largest absolute Gasteiger partial charge is 0.398 e. The second-order valence-corrected chi connectivity index (χ2v) is 3.85. The molecule has 94 valence electrons. The number of aliphatic hydroxyl groups excluding tert-OH is 1. The summed E-state index contributed by atoms with van der Waals surface area (Å²) < 4.78 is 4.81. The molecule has 1 rings (SSSR count). The molecule has 0 bridgehead atoms. The first-order valence-electron chi connectivity index (χ1n) is 5.36. The zero-order valence-electron chi connectivity index (χ0n) is 10.1. The highest BCUT2D eigenvalue weighted by atomic mass is 16.5. The monoisotopic (exact) mass is 238 g/mol. The Morgan fingerprint density at radius 1 is 1.59 bits per heavy atom. The number of nitrogen functional groups attached to an aromatic ring is 1. The average Bonchev–Trinajstić information content (AvgIpc) is 2.28. The summed E-state index contributed by atoms with van der Waals surface area (Å²) in [5.41, 5.74) is 7.37. The van der Waals surface area contributed by atoms with Crippen LogP contribution in [0.4, 0.5) is 11.4 Å². The third-order valence-electron chi connectivity index (χ3n) is 2.33. The SMILES string of the molecule is COCC(O)CNc1ccc(N)c(C(C)=O)c1. The molecule has 1 unspecified atom stereocenters. The van der Waals surface area contributed by atoms with Crippen molar-refractivity contribution in [3.05, 3.63) is 23.8 Å². The van der Waals surface area contributed by atoms with Gasteiger partial charge in [-0.3, -0.25) is 4.79 Å². The summed E-state index contributed by atoms with van der Waals surface area (Å²) in [6.45, 7) is 2.09. The number of hydrogen-bond donors (Lipinski definition) is 3. The smallest absolute Gasteiger partial charge is 0.161 e. The predicted octanol–water partition coefficient (Wildman–Crippen LogP) is 0.891. The van der Waals surface area contributed by atoms with Gasteiger partial charge in [-0.15, -0.1) is 0 Å². The van der Waals surface area contributed by atoms with Crippen molar-refractivity contribution in [2.45, 2.75) is 13.0 Å². The molecule has 4 N–H and O–H groups in total. The second kappa shape index (κ2) is 6.22. The number of nitrogens with two attached hydrogens (primary N) is 1. The number of Topliss-reactive ketones (excluding diaryl/α,β-unsaturated/α-hetero) is 1. The molecule has 0 radical (unpaired) electrons. The van der Waals surface area contributed by atoms with Crippen LogP contribution in [0.2, 0.25) is 0 Å². The molecule has 1 atom stereocenters. The molecule has 0 aliphatic rings. The third kappa shape index (κ3) is 4.05. The average molecular weight is 238 g/mol. The molecular weight excluding hydrogens is 220 g/mol. The molecule has 0 amide bonds. The number of ether oxygens (including phenoxy) is 1. The summed E-state index contributed by atoms with van der Waals surface area (Å²) in [4.78, 5) is 11.3. The van der Waals surface area contributed by atoms with Crippen LogP contribution in [0.1, 0.15) is 17.3 Å². The lowest BCUT2D eigenvalue weighted by Crippen LogP contribution is -2.24. The van der Waals surface area contributed by atoms with Gasteiger partial charge in [0.25, 0.3) is 0 Å². The van der Waals surface area contributed by atoms with Crippen molar-refractivity contribution in [1.29, 1.82) is 0 Å². The topological polar surface area (TPSA) is 84.6 Å². The van der Waals surface area contributed by atoms with E-state index in [1.807, 2.05) is 0 Å². The number of carbonyl (C=O) groups excluding carboxylic acids is 1. The summed E-state index contributed by atoms with van der Waals surface area (Å²) in [7, 11) is 1.53. The molecule has 0 saturated heterocycles. The standard InChI is InChI=1S/C12H18N2O3/c1-8(15)11-5-9(3-4-12(11)13)14-6-10(16)7-17-2/h3-5,10,14,16H,6-7,13H2,1-2H3. The molecule has 5 heteroatoms. The lowest BCUT2D eigenvalue weighted by atomic mass is 10.1. The van der Waals surface area contributed by atoms with Gasteiger partial charge in [0.05, 0.1) is 12.7 Å². The van der Waals surface area contributed by atoms with E-state index in [4.69, 9.17) is 10.5 Å². The molecule has 0 spiro atoms. The molecule has 0 heterocycles. The van der Waals surface area contributed by atoms with Crippen molar-refractivity contribution in [1.82, 2.24) is 0 Å². The van der Waals surface area contributed by atoms with Crippen LogP contribution in [0.3, 0.4) is 0 Å². The van der Waals surface area contributed by atoms with Crippen molar-refractivity contribution in [2.24, 2.45) is 0 Å². The zero-order valence-corrected chi connectivity index (χ0v) is 10.1. The Hall–Kier alpha value is -1.59. The minimum atomic E-state index is -0.585. The van der Waals surface area contributed by atoms with E-state index in [9.17, 15) is 9.90 Å². The van der Waals surface area contributed by atoms with E-state index >= 15 is 0 Å². The van der Waals surface area contributed by atoms with Crippen LogP contribution in [0, 0.1) is 0 Å². The first kappa shape index (κ1) is 13.5.